The van der Waals surface area contributed by atoms with E-state index in [0.29, 0.717) is 0 Å². The number of carboxylic acid groups (broad SMARTS) is 1. The van der Waals surface area contributed by atoms with Gasteiger partial charge >= 0.3 is 5.97 Å². The molecule has 0 aromatic heterocycles. The van der Waals surface area contributed by atoms with Crippen LogP contribution in [0.3, 0.4) is 0 Å². The molecule has 0 saturated carbocycles. The van der Waals surface area contributed by atoms with Crippen LogP contribution < -0.4 is 5.73 Å². The Morgan fingerprint density at radius 1 is 1.58 bits per heavy atom. The summed E-state index contributed by atoms with van der Waals surface area (Å²) in [6, 6.07) is -0.989. The highest BCUT2D eigenvalue weighted by Gasteiger charge is 2.21. The summed E-state index contributed by atoms with van der Waals surface area (Å²) in [4.78, 5) is 21.1. The molecule has 0 saturated heterocycles. The molecule has 0 aromatic carbocycles. The van der Waals surface area contributed by atoms with Gasteiger partial charge < -0.3 is 10.8 Å². The van der Waals surface area contributed by atoms with Crippen molar-refractivity contribution in [3.8, 4) is 0 Å². The Bertz CT molecular complexity index is 183. The molecule has 3 N–H and O–H groups in total. The minimum absolute atomic E-state index is 0.0866. The zero-order valence-corrected chi connectivity index (χ0v) is 7.54. The second-order valence-electron chi connectivity index (χ2n) is 2.72. The average Bonchev–Trinajstić information content (AvgIpc) is 2.02. The number of rotatable bonds is 5. The summed E-state index contributed by atoms with van der Waals surface area (Å²) in [6.45, 7) is 1.61. The van der Waals surface area contributed by atoms with E-state index >= 15 is 0 Å². The van der Waals surface area contributed by atoms with Crippen molar-refractivity contribution in [3.63, 3.8) is 0 Å². The average molecular weight is 194 g/mol. The first kappa shape index (κ1) is 11.4. The van der Waals surface area contributed by atoms with Gasteiger partial charge in [-0.15, -0.1) is 11.6 Å². The van der Waals surface area contributed by atoms with Crippen molar-refractivity contribution < 1.29 is 14.7 Å². The number of aliphatic carboxylic acids is 1. The van der Waals surface area contributed by atoms with E-state index in [1.807, 2.05) is 0 Å². The molecule has 0 spiro atoms. The van der Waals surface area contributed by atoms with Gasteiger partial charge in [0.15, 0.2) is 0 Å². The molecule has 1 unspecified atom stereocenters. The van der Waals surface area contributed by atoms with E-state index in [4.69, 9.17) is 22.4 Å². The van der Waals surface area contributed by atoms with Crippen LogP contribution in [0.25, 0.3) is 0 Å². The van der Waals surface area contributed by atoms with Gasteiger partial charge in [0.1, 0.15) is 11.8 Å². The Morgan fingerprint density at radius 3 is 2.42 bits per heavy atom. The normalized spacial score (nSPS) is 15.2. The fourth-order valence-corrected chi connectivity index (χ4v) is 0.893. The molecule has 0 fully saturated rings. The lowest BCUT2D eigenvalue weighted by atomic mass is 9.97. The van der Waals surface area contributed by atoms with E-state index in [0.717, 1.165) is 0 Å². The first-order chi connectivity index (χ1) is 5.49. The van der Waals surface area contributed by atoms with Gasteiger partial charge in [-0.25, -0.2) is 0 Å². The Morgan fingerprint density at radius 2 is 2.08 bits per heavy atom. The molecule has 4 nitrogen and oxygen atoms in total. The molecule has 5 heteroatoms. The van der Waals surface area contributed by atoms with Crippen molar-refractivity contribution in [2.45, 2.75) is 19.4 Å². The standard InChI is InChI=1S/C7H12ClNO3/c1-4(2-5(10)3-8)6(9)7(11)12/h4,6H,2-3,9H2,1H3,(H,11,12)/t4?,6-/m0/s1. The summed E-state index contributed by atoms with van der Waals surface area (Å²) in [5.41, 5.74) is 5.27. The number of hydrogen-bond acceptors (Lipinski definition) is 3. The molecule has 0 aliphatic carbocycles. The van der Waals surface area contributed by atoms with Gasteiger partial charge in [-0.05, 0) is 5.92 Å². The summed E-state index contributed by atoms with van der Waals surface area (Å²) >= 11 is 5.24. The number of alkyl halides is 1. The molecule has 0 rings (SSSR count). The molecule has 0 aliphatic rings. The predicted octanol–water partition coefficient (Wildman–Crippen LogP) is 0.232. The smallest absolute Gasteiger partial charge is 0.320 e. The van der Waals surface area contributed by atoms with Crippen LogP contribution in [0.1, 0.15) is 13.3 Å². The highest BCUT2D eigenvalue weighted by atomic mass is 35.5. The molecule has 2 atom stereocenters. The highest BCUT2D eigenvalue weighted by Crippen LogP contribution is 2.07. The molecule has 70 valence electrons. The summed E-state index contributed by atoms with van der Waals surface area (Å²) < 4.78 is 0. The van der Waals surface area contributed by atoms with Crippen LogP contribution in [0.4, 0.5) is 0 Å². The number of Topliss-reactive ketones (excluding diaryl/α,β-unsaturated/α-hetero) is 1. The van der Waals surface area contributed by atoms with Crippen LogP contribution in [0.5, 0.6) is 0 Å². The second-order valence-corrected chi connectivity index (χ2v) is 2.98. The molecule has 12 heavy (non-hydrogen) atoms. The van der Waals surface area contributed by atoms with Crippen LogP contribution in [-0.2, 0) is 9.59 Å². The van der Waals surface area contributed by atoms with Gasteiger partial charge in [-0.1, -0.05) is 6.92 Å². The second kappa shape index (κ2) is 5.11. The zero-order chi connectivity index (χ0) is 9.72. The number of carbonyl (C=O) groups is 2. The molecule has 0 amide bonds. The number of hydrogen-bond donors (Lipinski definition) is 2. The third-order valence-electron chi connectivity index (χ3n) is 1.60. The van der Waals surface area contributed by atoms with Gasteiger partial charge in [0.2, 0.25) is 0 Å². The topological polar surface area (TPSA) is 80.4 Å². The van der Waals surface area contributed by atoms with E-state index in [2.05, 4.69) is 0 Å². The molecule has 0 aromatic rings. The van der Waals surface area contributed by atoms with Crippen LogP contribution in [-0.4, -0.2) is 28.8 Å². The first-order valence-electron chi connectivity index (χ1n) is 3.55. The van der Waals surface area contributed by atoms with Crippen LogP contribution in [0, 0.1) is 5.92 Å². The van der Waals surface area contributed by atoms with E-state index in [1.54, 1.807) is 6.92 Å². The fraction of sp³-hybridized carbons (Fsp3) is 0.714. The van der Waals surface area contributed by atoms with E-state index in [9.17, 15) is 9.59 Å². The maximum atomic E-state index is 10.8. The van der Waals surface area contributed by atoms with Crippen molar-refractivity contribution in [2.24, 2.45) is 11.7 Å². The Hall–Kier alpha value is -0.610. The zero-order valence-electron chi connectivity index (χ0n) is 6.79. The third kappa shape index (κ3) is 3.69. The van der Waals surface area contributed by atoms with Crippen molar-refractivity contribution in [1.82, 2.24) is 0 Å². The highest BCUT2D eigenvalue weighted by molar-refractivity contribution is 6.27. The number of halogens is 1. The van der Waals surface area contributed by atoms with Crippen LogP contribution >= 0.6 is 11.6 Å². The van der Waals surface area contributed by atoms with Gasteiger partial charge in [0.25, 0.3) is 0 Å². The quantitative estimate of drug-likeness (QED) is 0.613. The van der Waals surface area contributed by atoms with Crippen molar-refractivity contribution in [3.05, 3.63) is 0 Å². The minimum Gasteiger partial charge on any atom is -0.480 e. The summed E-state index contributed by atoms with van der Waals surface area (Å²) in [7, 11) is 0. The third-order valence-corrected chi connectivity index (χ3v) is 1.89. The Labute approximate surface area is 75.7 Å². The maximum absolute atomic E-state index is 10.8. The van der Waals surface area contributed by atoms with E-state index < -0.39 is 12.0 Å². The summed E-state index contributed by atoms with van der Waals surface area (Å²) in [6.07, 6.45) is 0.122. The van der Waals surface area contributed by atoms with Crippen molar-refractivity contribution >= 4 is 23.4 Å². The lowest BCUT2D eigenvalue weighted by Gasteiger charge is -2.13. The number of nitrogens with two attached hydrogens (primary N) is 1. The molecule has 0 aliphatic heterocycles. The first-order valence-corrected chi connectivity index (χ1v) is 4.08. The van der Waals surface area contributed by atoms with Crippen LogP contribution in [0.2, 0.25) is 0 Å². The lowest BCUT2D eigenvalue weighted by molar-refractivity contribution is -0.139. The van der Waals surface area contributed by atoms with E-state index in [-0.39, 0.29) is 24.0 Å². The van der Waals surface area contributed by atoms with E-state index in [1.165, 1.54) is 0 Å². The predicted molar refractivity (Wildman–Crippen MR) is 45.1 cm³/mol. The van der Waals surface area contributed by atoms with Gasteiger partial charge in [0.05, 0.1) is 5.88 Å². The monoisotopic (exact) mass is 193 g/mol. The van der Waals surface area contributed by atoms with Gasteiger partial charge in [0, 0.05) is 6.42 Å². The minimum atomic E-state index is -1.09. The van der Waals surface area contributed by atoms with Crippen molar-refractivity contribution in [1.29, 1.82) is 0 Å². The number of ketones is 1. The van der Waals surface area contributed by atoms with Gasteiger partial charge in [-0.3, -0.25) is 9.59 Å². The number of carboxylic acids is 1. The molecular formula is C7H12ClNO3. The Kier molecular flexibility index (Phi) is 4.85. The maximum Gasteiger partial charge on any atom is 0.320 e. The van der Waals surface area contributed by atoms with Gasteiger partial charge in [-0.2, -0.15) is 0 Å². The largest absolute Gasteiger partial charge is 0.480 e. The molecular weight excluding hydrogens is 182 g/mol. The molecule has 0 heterocycles. The summed E-state index contributed by atoms with van der Waals surface area (Å²) in [5.74, 6) is -1.73. The molecule has 0 radical (unpaired) electrons. The van der Waals surface area contributed by atoms with Crippen LogP contribution in [0.15, 0.2) is 0 Å². The SMILES string of the molecule is CC(CC(=O)CCl)[C@H](N)C(=O)O. The van der Waals surface area contributed by atoms with Crippen molar-refractivity contribution in [2.75, 3.05) is 5.88 Å². The molecule has 0 bridgehead atoms. The summed E-state index contributed by atoms with van der Waals surface area (Å²) in [5, 5.41) is 8.47. The number of carbonyl (C=O) groups excluding carboxylic acids is 1. The Balaban J connectivity index is 3.94. The lowest BCUT2D eigenvalue weighted by Crippen LogP contribution is -2.37. The fourth-order valence-electron chi connectivity index (χ4n) is 0.784.